The zero-order valence-corrected chi connectivity index (χ0v) is 11.9. The summed E-state index contributed by atoms with van der Waals surface area (Å²) in [4.78, 5) is 0. The monoisotopic (exact) mass is 247 g/mol. The number of benzene rings is 1. The summed E-state index contributed by atoms with van der Waals surface area (Å²) in [6.07, 6.45) is 2.63. The maximum absolute atomic E-state index is 5.42. The largest absolute Gasteiger partial charge is 0.496 e. The molecule has 2 heteroatoms. The average Bonchev–Trinajstić information content (AvgIpc) is 2.32. The van der Waals surface area contributed by atoms with Crippen LogP contribution in [0.3, 0.4) is 0 Å². The summed E-state index contributed by atoms with van der Waals surface area (Å²) in [6, 6.07) is 9.32. The molecule has 18 heavy (non-hydrogen) atoms. The summed E-state index contributed by atoms with van der Waals surface area (Å²) in [7, 11) is 1.74. The van der Waals surface area contributed by atoms with Crippen LogP contribution >= 0.6 is 0 Å². The van der Waals surface area contributed by atoms with Gasteiger partial charge in [-0.25, -0.2) is 0 Å². The molecule has 0 heterocycles. The smallest absolute Gasteiger partial charge is 0.123 e. The Hall–Kier alpha value is -1.02. The fourth-order valence-electron chi connectivity index (χ4n) is 2.81. The van der Waals surface area contributed by atoms with E-state index in [1.165, 1.54) is 18.4 Å². The molecule has 1 saturated carbocycles. The van der Waals surface area contributed by atoms with Gasteiger partial charge in [-0.1, -0.05) is 32.0 Å². The van der Waals surface area contributed by atoms with Crippen molar-refractivity contribution in [2.75, 3.05) is 7.11 Å². The van der Waals surface area contributed by atoms with Gasteiger partial charge >= 0.3 is 0 Å². The van der Waals surface area contributed by atoms with Crippen LogP contribution in [-0.4, -0.2) is 13.2 Å². The van der Waals surface area contributed by atoms with E-state index in [-0.39, 0.29) is 0 Å². The molecule has 0 aromatic heterocycles. The van der Waals surface area contributed by atoms with E-state index < -0.39 is 0 Å². The quantitative estimate of drug-likeness (QED) is 0.855. The second-order valence-corrected chi connectivity index (χ2v) is 5.80. The van der Waals surface area contributed by atoms with Gasteiger partial charge in [-0.3, -0.25) is 0 Å². The highest BCUT2D eigenvalue weighted by molar-refractivity contribution is 5.35. The van der Waals surface area contributed by atoms with Crippen LogP contribution < -0.4 is 10.1 Å². The van der Waals surface area contributed by atoms with Crippen molar-refractivity contribution in [3.63, 3.8) is 0 Å². The van der Waals surface area contributed by atoms with Crippen molar-refractivity contribution in [1.29, 1.82) is 0 Å². The van der Waals surface area contributed by atoms with Crippen LogP contribution in [0, 0.1) is 11.8 Å². The Morgan fingerprint density at radius 3 is 2.44 bits per heavy atom. The zero-order chi connectivity index (χ0) is 13.1. The van der Waals surface area contributed by atoms with Crippen LogP contribution in [0.2, 0.25) is 0 Å². The Morgan fingerprint density at radius 2 is 1.83 bits per heavy atom. The Bertz CT molecular complexity index is 382. The molecule has 1 N–H and O–H groups in total. The second kappa shape index (κ2) is 5.75. The summed E-state index contributed by atoms with van der Waals surface area (Å²) in [6.45, 7) is 6.87. The molecule has 0 saturated heterocycles. The maximum atomic E-state index is 5.42. The van der Waals surface area contributed by atoms with Crippen molar-refractivity contribution < 1.29 is 4.74 Å². The predicted octanol–water partition coefficient (Wildman–Crippen LogP) is 3.78. The molecular formula is C16H25NO. The van der Waals surface area contributed by atoms with Crippen molar-refractivity contribution in [1.82, 2.24) is 5.32 Å². The molecule has 100 valence electrons. The topological polar surface area (TPSA) is 21.3 Å². The maximum Gasteiger partial charge on any atom is 0.123 e. The van der Waals surface area contributed by atoms with Crippen molar-refractivity contribution in [2.24, 2.45) is 11.8 Å². The van der Waals surface area contributed by atoms with Gasteiger partial charge in [-0.2, -0.15) is 0 Å². The van der Waals surface area contributed by atoms with Gasteiger partial charge in [0, 0.05) is 17.6 Å². The first-order valence-electron chi connectivity index (χ1n) is 7.00. The summed E-state index contributed by atoms with van der Waals surface area (Å²) >= 11 is 0. The van der Waals surface area contributed by atoms with Gasteiger partial charge in [0.05, 0.1) is 7.11 Å². The first-order valence-corrected chi connectivity index (χ1v) is 7.00. The molecule has 1 aromatic carbocycles. The van der Waals surface area contributed by atoms with E-state index in [1.807, 2.05) is 12.1 Å². The Kier molecular flexibility index (Phi) is 4.28. The van der Waals surface area contributed by atoms with E-state index in [0.717, 1.165) is 17.6 Å². The van der Waals surface area contributed by atoms with Gasteiger partial charge in [-0.05, 0) is 37.7 Å². The minimum Gasteiger partial charge on any atom is -0.496 e. The molecule has 0 spiro atoms. The predicted molar refractivity (Wildman–Crippen MR) is 75.9 cm³/mol. The molecule has 2 rings (SSSR count). The lowest BCUT2D eigenvalue weighted by Crippen LogP contribution is -2.44. The van der Waals surface area contributed by atoms with Crippen molar-refractivity contribution >= 4 is 0 Å². The molecule has 0 bridgehead atoms. The van der Waals surface area contributed by atoms with Gasteiger partial charge in [-0.15, -0.1) is 0 Å². The van der Waals surface area contributed by atoms with Crippen molar-refractivity contribution in [2.45, 2.75) is 45.7 Å². The second-order valence-electron chi connectivity index (χ2n) is 5.80. The number of hydrogen-bond acceptors (Lipinski definition) is 2. The van der Waals surface area contributed by atoms with Crippen LogP contribution in [0.25, 0.3) is 0 Å². The molecular weight excluding hydrogens is 222 g/mol. The summed E-state index contributed by atoms with van der Waals surface area (Å²) in [5.74, 6) is 2.72. The lowest BCUT2D eigenvalue weighted by atomic mass is 9.73. The molecule has 1 aromatic rings. The molecule has 1 atom stereocenters. The molecule has 1 fully saturated rings. The molecule has 0 radical (unpaired) electrons. The van der Waals surface area contributed by atoms with E-state index >= 15 is 0 Å². The first-order chi connectivity index (χ1) is 8.61. The molecule has 0 aliphatic heterocycles. The van der Waals surface area contributed by atoms with Crippen LogP contribution in [0.5, 0.6) is 5.75 Å². The highest BCUT2D eigenvalue weighted by atomic mass is 16.5. The third-order valence-electron chi connectivity index (χ3n) is 4.21. The fourth-order valence-corrected chi connectivity index (χ4v) is 2.81. The number of hydrogen-bond donors (Lipinski definition) is 1. The molecule has 2 nitrogen and oxygen atoms in total. The van der Waals surface area contributed by atoms with Crippen LogP contribution in [0.1, 0.15) is 45.2 Å². The van der Waals surface area contributed by atoms with E-state index in [0.29, 0.717) is 12.1 Å². The standard InChI is InChI=1S/C16H25NO/c1-11(2)13-9-14(10-13)17-12(3)15-7-5-6-8-16(15)18-4/h5-8,11-14,17H,9-10H2,1-4H3/t12-,13?,14?/m1/s1. The lowest BCUT2D eigenvalue weighted by molar-refractivity contribution is 0.159. The van der Waals surface area contributed by atoms with E-state index in [1.54, 1.807) is 7.11 Å². The molecule has 0 amide bonds. The number of ether oxygens (including phenoxy) is 1. The molecule has 1 aliphatic carbocycles. The number of nitrogens with one attached hydrogen (secondary N) is 1. The highest BCUT2D eigenvalue weighted by Gasteiger charge is 2.32. The summed E-state index contributed by atoms with van der Waals surface area (Å²) in [5.41, 5.74) is 1.26. The van der Waals surface area contributed by atoms with E-state index in [2.05, 4.69) is 38.2 Å². The Balaban J connectivity index is 1.91. The third kappa shape index (κ3) is 2.86. The van der Waals surface area contributed by atoms with Crippen LogP contribution in [-0.2, 0) is 0 Å². The van der Waals surface area contributed by atoms with E-state index in [9.17, 15) is 0 Å². The molecule has 0 unspecified atom stereocenters. The number of methoxy groups -OCH3 is 1. The molecule has 1 aliphatic rings. The Labute approximate surface area is 111 Å². The van der Waals surface area contributed by atoms with Crippen LogP contribution in [0.4, 0.5) is 0 Å². The zero-order valence-electron chi connectivity index (χ0n) is 11.9. The van der Waals surface area contributed by atoms with E-state index in [4.69, 9.17) is 4.74 Å². The van der Waals surface area contributed by atoms with Crippen molar-refractivity contribution in [3.05, 3.63) is 29.8 Å². The number of para-hydroxylation sites is 1. The highest BCUT2D eigenvalue weighted by Crippen LogP contribution is 2.35. The minimum atomic E-state index is 0.360. The fraction of sp³-hybridized carbons (Fsp3) is 0.625. The number of rotatable bonds is 5. The van der Waals surface area contributed by atoms with Gasteiger partial charge < -0.3 is 10.1 Å². The van der Waals surface area contributed by atoms with Crippen molar-refractivity contribution in [3.8, 4) is 5.75 Å². The SMILES string of the molecule is COc1ccccc1[C@@H](C)NC1CC(C(C)C)C1. The average molecular weight is 247 g/mol. The third-order valence-corrected chi connectivity index (χ3v) is 4.21. The van der Waals surface area contributed by atoms with Crippen LogP contribution in [0.15, 0.2) is 24.3 Å². The van der Waals surface area contributed by atoms with Gasteiger partial charge in [0.2, 0.25) is 0 Å². The lowest BCUT2D eigenvalue weighted by Gasteiger charge is -2.40. The van der Waals surface area contributed by atoms with Gasteiger partial charge in [0.15, 0.2) is 0 Å². The normalized spacial score (nSPS) is 24.7. The summed E-state index contributed by atoms with van der Waals surface area (Å²) < 4.78 is 5.42. The first kappa shape index (κ1) is 13.4. The minimum absolute atomic E-state index is 0.360. The summed E-state index contributed by atoms with van der Waals surface area (Å²) in [5, 5.41) is 3.71. The van der Waals surface area contributed by atoms with Gasteiger partial charge in [0.25, 0.3) is 0 Å². The van der Waals surface area contributed by atoms with Gasteiger partial charge in [0.1, 0.15) is 5.75 Å². The Morgan fingerprint density at radius 1 is 1.17 bits per heavy atom.